The van der Waals surface area contributed by atoms with Crippen LogP contribution in [0.3, 0.4) is 0 Å². The Hall–Kier alpha value is -2.07. The molecule has 2 atom stereocenters. The van der Waals surface area contributed by atoms with Crippen molar-refractivity contribution < 1.29 is 9.21 Å². The summed E-state index contributed by atoms with van der Waals surface area (Å²) in [5.74, 6) is 1.20. The van der Waals surface area contributed by atoms with E-state index in [9.17, 15) is 4.79 Å². The standard InChI is InChI=1S/C21H28N2O2/c1-22(2)19-11-6-10-18(14-19)21(24)23(16-20-12-7-13-25-20)15-17-8-4-3-5-9-17/h3-5,7-9,12-13,18-19H,6,10-11,14-16H2,1-2H3/t18-,19-/m1/s1. The van der Waals surface area contributed by atoms with Gasteiger partial charge >= 0.3 is 0 Å². The summed E-state index contributed by atoms with van der Waals surface area (Å²) in [6, 6.07) is 14.5. The van der Waals surface area contributed by atoms with Gasteiger partial charge in [-0.3, -0.25) is 4.79 Å². The number of benzene rings is 1. The first-order chi connectivity index (χ1) is 12.1. The maximum absolute atomic E-state index is 13.3. The Kier molecular flexibility index (Phi) is 5.92. The van der Waals surface area contributed by atoms with E-state index >= 15 is 0 Å². The maximum Gasteiger partial charge on any atom is 0.226 e. The van der Waals surface area contributed by atoms with Crippen molar-refractivity contribution in [3.8, 4) is 0 Å². The number of carbonyl (C=O) groups excluding carboxylic acids is 1. The van der Waals surface area contributed by atoms with Crippen molar-refractivity contribution >= 4 is 5.91 Å². The van der Waals surface area contributed by atoms with Crippen LogP contribution in [0.15, 0.2) is 53.1 Å². The van der Waals surface area contributed by atoms with Gasteiger partial charge < -0.3 is 14.2 Å². The molecule has 1 fully saturated rings. The summed E-state index contributed by atoms with van der Waals surface area (Å²) in [4.78, 5) is 17.5. The summed E-state index contributed by atoms with van der Waals surface area (Å²) in [6.07, 6.45) is 5.93. The van der Waals surface area contributed by atoms with Gasteiger partial charge in [0.25, 0.3) is 0 Å². The summed E-state index contributed by atoms with van der Waals surface area (Å²) in [5.41, 5.74) is 1.15. The molecule has 4 nitrogen and oxygen atoms in total. The van der Waals surface area contributed by atoms with E-state index in [-0.39, 0.29) is 11.8 Å². The summed E-state index contributed by atoms with van der Waals surface area (Å²) < 4.78 is 5.50. The molecule has 1 amide bonds. The Bertz CT molecular complexity index is 652. The second-order valence-electron chi connectivity index (χ2n) is 7.24. The highest BCUT2D eigenvalue weighted by molar-refractivity contribution is 5.79. The molecule has 3 rings (SSSR count). The lowest BCUT2D eigenvalue weighted by atomic mass is 9.84. The summed E-state index contributed by atoms with van der Waals surface area (Å²) in [5, 5.41) is 0. The molecule has 0 saturated heterocycles. The fraction of sp³-hybridized carbons (Fsp3) is 0.476. The van der Waals surface area contributed by atoms with Gasteiger partial charge in [-0.15, -0.1) is 0 Å². The van der Waals surface area contributed by atoms with E-state index < -0.39 is 0 Å². The van der Waals surface area contributed by atoms with Crippen molar-refractivity contribution in [1.82, 2.24) is 9.80 Å². The van der Waals surface area contributed by atoms with Gasteiger partial charge in [0.15, 0.2) is 0 Å². The van der Waals surface area contributed by atoms with Crippen LogP contribution in [0.5, 0.6) is 0 Å². The van der Waals surface area contributed by atoms with Crippen molar-refractivity contribution in [3.05, 3.63) is 60.1 Å². The van der Waals surface area contributed by atoms with Gasteiger partial charge in [0.05, 0.1) is 12.8 Å². The van der Waals surface area contributed by atoms with Crippen LogP contribution in [-0.2, 0) is 17.9 Å². The van der Waals surface area contributed by atoms with Gasteiger partial charge in [-0.1, -0.05) is 36.8 Å². The normalized spacial score (nSPS) is 20.6. The van der Waals surface area contributed by atoms with Crippen molar-refractivity contribution in [1.29, 1.82) is 0 Å². The second kappa shape index (κ2) is 8.34. The molecule has 1 aliphatic rings. The molecule has 0 unspecified atom stereocenters. The van der Waals surface area contributed by atoms with Crippen LogP contribution in [0, 0.1) is 5.92 Å². The minimum absolute atomic E-state index is 0.111. The lowest BCUT2D eigenvalue weighted by Crippen LogP contribution is -2.41. The fourth-order valence-electron chi connectivity index (χ4n) is 3.72. The highest BCUT2D eigenvalue weighted by Gasteiger charge is 2.31. The third kappa shape index (κ3) is 4.73. The van der Waals surface area contributed by atoms with E-state index in [4.69, 9.17) is 4.42 Å². The van der Waals surface area contributed by atoms with E-state index in [1.807, 2.05) is 35.2 Å². The van der Waals surface area contributed by atoms with E-state index in [1.54, 1.807) is 6.26 Å². The van der Waals surface area contributed by atoms with Gasteiger partial charge in [0, 0.05) is 18.5 Å². The fourth-order valence-corrected chi connectivity index (χ4v) is 3.72. The SMILES string of the molecule is CN(C)[C@@H]1CCC[C@@H](C(=O)N(Cc2ccccc2)Cc2ccco2)C1. The van der Waals surface area contributed by atoms with Gasteiger partial charge in [0.2, 0.25) is 5.91 Å². The Labute approximate surface area is 150 Å². The summed E-state index contributed by atoms with van der Waals surface area (Å²) >= 11 is 0. The molecule has 1 heterocycles. The molecule has 0 N–H and O–H groups in total. The number of hydrogen-bond donors (Lipinski definition) is 0. The van der Waals surface area contributed by atoms with Gasteiger partial charge in [-0.05, 0) is 51.1 Å². The third-order valence-corrected chi connectivity index (χ3v) is 5.18. The quantitative estimate of drug-likeness (QED) is 0.799. The molecule has 0 aliphatic heterocycles. The van der Waals surface area contributed by atoms with E-state index in [1.165, 1.54) is 6.42 Å². The zero-order chi connectivity index (χ0) is 17.6. The summed E-state index contributed by atoms with van der Waals surface area (Å²) in [7, 11) is 4.23. The van der Waals surface area contributed by atoms with Crippen molar-refractivity contribution in [3.63, 3.8) is 0 Å². The average Bonchev–Trinajstić information content (AvgIpc) is 3.14. The highest BCUT2D eigenvalue weighted by atomic mass is 16.3. The Morgan fingerprint density at radius 1 is 1.08 bits per heavy atom. The minimum atomic E-state index is 0.111. The van der Waals surface area contributed by atoms with Crippen molar-refractivity contribution in [2.45, 2.75) is 44.8 Å². The predicted molar refractivity (Wildman–Crippen MR) is 98.8 cm³/mol. The number of hydrogen-bond acceptors (Lipinski definition) is 3. The Morgan fingerprint density at radius 2 is 1.88 bits per heavy atom. The first-order valence-corrected chi connectivity index (χ1v) is 9.15. The molecule has 2 aromatic rings. The van der Waals surface area contributed by atoms with Gasteiger partial charge in [-0.2, -0.15) is 0 Å². The second-order valence-corrected chi connectivity index (χ2v) is 7.24. The molecule has 1 saturated carbocycles. The molecule has 0 radical (unpaired) electrons. The first-order valence-electron chi connectivity index (χ1n) is 9.15. The molecule has 134 valence electrons. The zero-order valence-electron chi connectivity index (χ0n) is 15.2. The van der Waals surface area contributed by atoms with E-state index in [2.05, 4.69) is 31.1 Å². The van der Waals surface area contributed by atoms with Crippen molar-refractivity contribution in [2.24, 2.45) is 5.92 Å². The van der Waals surface area contributed by atoms with Crippen LogP contribution in [0.1, 0.15) is 37.0 Å². The largest absolute Gasteiger partial charge is 0.467 e. The first kappa shape index (κ1) is 17.7. The van der Waals surface area contributed by atoms with E-state index in [0.717, 1.165) is 30.6 Å². The third-order valence-electron chi connectivity index (χ3n) is 5.18. The molecular weight excluding hydrogens is 312 g/mol. The van der Waals surface area contributed by atoms with Gasteiger partial charge in [0.1, 0.15) is 5.76 Å². The van der Waals surface area contributed by atoms with Crippen LogP contribution in [0.4, 0.5) is 0 Å². The number of furan rings is 1. The molecule has 0 bridgehead atoms. The minimum Gasteiger partial charge on any atom is -0.467 e. The number of amides is 1. The van der Waals surface area contributed by atoms with Crippen LogP contribution >= 0.6 is 0 Å². The van der Waals surface area contributed by atoms with Crippen molar-refractivity contribution in [2.75, 3.05) is 14.1 Å². The Morgan fingerprint density at radius 3 is 2.56 bits per heavy atom. The highest BCUT2D eigenvalue weighted by Crippen LogP contribution is 2.29. The lowest BCUT2D eigenvalue weighted by Gasteiger charge is -2.35. The molecular formula is C21H28N2O2. The molecule has 1 aromatic carbocycles. The smallest absolute Gasteiger partial charge is 0.226 e. The molecule has 4 heteroatoms. The van der Waals surface area contributed by atoms with Crippen LogP contribution in [-0.4, -0.2) is 35.8 Å². The average molecular weight is 340 g/mol. The van der Waals surface area contributed by atoms with E-state index in [0.29, 0.717) is 19.1 Å². The zero-order valence-corrected chi connectivity index (χ0v) is 15.2. The molecule has 1 aliphatic carbocycles. The molecule has 25 heavy (non-hydrogen) atoms. The topological polar surface area (TPSA) is 36.7 Å². The van der Waals surface area contributed by atoms with Gasteiger partial charge in [-0.25, -0.2) is 0 Å². The molecule has 0 spiro atoms. The van der Waals surface area contributed by atoms with Crippen LogP contribution in [0.2, 0.25) is 0 Å². The lowest BCUT2D eigenvalue weighted by molar-refractivity contribution is -0.138. The number of rotatable bonds is 6. The number of carbonyl (C=O) groups is 1. The predicted octanol–water partition coefficient (Wildman–Crippen LogP) is 3.93. The Balaban J connectivity index is 1.74. The molecule has 1 aromatic heterocycles. The monoisotopic (exact) mass is 340 g/mol. The summed E-state index contributed by atoms with van der Waals surface area (Å²) in [6.45, 7) is 1.16. The maximum atomic E-state index is 13.3. The number of nitrogens with zero attached hydrogens (tertiary/aromatic N) is 2. The van der Waals surface area contributed by atoms with Crippen LogP contribution in [0.25, 0.3) is 0 Å². The van der Waals surface area contributed by atoms with Crippen LogP contribution < -0.4 is 0 Å².